The van der Waals surface area contributed by atoms with Crippen molar-refractivity contribution in [3.05, 3.63) is 82.5 Å². The van der Waals surface area contributed by atoms with Crippen LogP contribution in [0.5, 0.6) is 11.5 Å². The Balaban J connectivity index is 1.58. The van der Waals surface area contributed by atoms with Gasteiger partial charge in [-0.1, -0.05) is 56.2 Å². The molecule has 1 unspecified atom stereocenters. The molecule has 9 heteroatoms. The predicted molar refractivity (Wildman–Crippen MR) is 128 cm³/mol. The van der Waals surface area contributed by atoms with Gasteiger partial charge in [0.25, 0.3) is 0 Å². The van der Waals surface area contributed by atoms with Crippen molar-refractivity contribution in [1.29, 1.82) is 0 Å². The summed E-state index contributed by atoms with van der Waals surface area (Å²) in [4.78, 5) is 38.2. The number of aromatic nitrogens is 2. The van der Waals surface area contributed by atoms with Crippen LogP contribution in [-0.2, 0) is 16.1 Å². The van der Waals surface area contributed by atoms with Crippen molar-refractivity contribution < 1.29 is 24.2 Å². The number of amides is 1. The van der Waals surface area contributed by atoms with Crippen molar-refractivity contribution in [3.8, 4) is 11.5 Å². The number of carbonyl (C=O) groups excluding carboxylic acids is 1. The standard InChI is InChI=1S/C26H29N3O6/c1-2-3-9-21(29-13-12-28(26(29)33)16-18-7-5-4-6-8-18)25(32)27-20(15-24(30)31)19-10-11-22-23(14-19)35-17-34-22/h4-8,10-14,20-21H,2-3,9,15-17H2,1H3,(H,27,32)(H,30,31)/t20-,21?/m0/s1. The molecule has 184 valence electrons. The molecule has 2 heterocycles. The third kappa shape index (κ3) is 5.74. The second-order valence-corrected chi connectivity index (χ2v) is 8.53. The van der Waals surface area contributed by atoms with Crippen LogP contribution in [0.4, 0.5) is 0 Å². The maximum Gasteiger partial charge on any atom is 0.329 e. The zero-order valence-electron chi connectivity index (χ0n) is 19.6. The first kappa shape index (κ1) is 24.1. The van der Waals surface area contributed by atoms with Crippen molar-refractivity contribution in [2.24, 2.45) is 0 Å². The first-order valence-electron chi connectivity index (χ1n) is 11.7. The highest BCUT2D eigenvalue weighted by Crippen LogP contribution is 2.35. The van der Waals surface area contributed by atoms with E-state index in [-0.39, 0.29) is 18.9 Å². The minimum absolute atomic E-state index is 0.0940. The molecule has 2 atom stereocenters. The molecule has 2 N–H and O–H groups in total. The summed E-state index contributed by atoms with van der Waals surface area (Å²) in [6.45, 7) is 2.50. The minimum atomic E-state index is -1.05. The van der Waals surface area contributed by atoms with E-state index in [1.165, 1.54) is 4.57 Å². The molecule has 0 fully saturated rings. The van der Waals surface area contributed by atoms with E-state index < -0.39 is 24.0 Å². The van der Waals surface area contributed by atoms with Crippen LogP contribution in [0.1, 0.15) is 55.8 Å². The molecule has 1 aliphatic heterocycles. The lowest BCUT2D eigenvalue weighted by molar-refractivity contribution is -0.138. The van der Waals surface area contributed by atoms with E-state index in [4.69, 9.17) is 9.47 Å². The van der Waals surface area contributed by atoms with Gasteiger partial charge < -0.3 is 19.9 Å². The molecule has 35 heavy (non-hydrogen) atoms. The Morgan fingerprint density at radius 1 is 1.09 bits per heavy atom. The number of benzene rings is 2. The van der Waals surface area contributed by atoms with Crippen LogP contribution in [0, 0.1) is 0 Å². The average Bonchev–Trinajstić information content (AvgIpc) is 3.46. The van der Waals surface area contributed by atoms with Gasteiger partial charge >= 0.3 is 11.7 Å². The number of imidazole rings is 1. The molecule has 0 bridgehead atoms. The number of unbranched alkanes of at least 4 members (excludes halogenated alkanes) is 1. The number of fused-ring (bicyclic) bond motifs is 1. The van der Waals surface area contributed by atoms with Gasteiger partial charge in [-0.05, 0) is 29.7 Å². The van der Waals surface area contributed by atoms with Crippen LogP contribution in [0.2, 0.25) is 0 Å². The van der Waals surface area contributed by atoms with E-state index in [9.17, 15) is 19.5 Å². The fourth-order valence-electron chi connectivity index (χ4n) is 4.18. The lowest BCUT2D eigenvalue weighted by Gasteiger charge is -2.23. The fraction of sp³-hybridized carbons (Fsp3) is 0.346. The van der Waals surface area contributed by atoms with Crippen LogP contribution < -0.4 is 20.5 Å². The summed E-state index contributed by atoms with van der Waals surface area (Å²) in [6.07, 6.45) is 5.03. The van der Waals surface area contributed by atoms with Gasteiger partial charge in [0.2, 0.25) is 12.7 Å². The first-order chi connectivity index (χ1) is 17.0. The summed E-state index contributed by atoms with van der Waals surface area (Å²) in [6, 6.07) is 13.1. The number of hydrogen-bond donors (Lipinski definition) is 2. The first-order valence-corrected chi connectivity index (χ1v) is 11.7. The Hall–Kier alpha value is -4.01. The normalized spacial score (nSPS) is 13.9. The predicted octanol–water partition coefficient (Wildman–Crippen LogP) is 3.49. The van der Waals surface area contributed by atoms with Gasteiger partial charge in [-0.2, -0.15) is 0 Å². The molecule has 3 aromatic rings. The van der Waals surface area contributed by atoms with Crippen molar-refractivity contribution in [3.63, 3.8) is 0 Å². The number of nitrogens with zero attached hydrogens (tertiary/aromatic N) is 2. The van der Waals surface area contributed by atoms with E-state index in [1.807, 2.05) is 37.3 Å². The highest BCUT2D eigenvalue weighted by Gasteiger charge is 2.27. The molecule has 0 saturated carbocycles. The van der Waals surface area contributed by atoms with Gasteiger partial charge in [0.1, 0.15) is 6.04 Å². The van der Waals surface area contributed by atoms with Crippen LogP contribution in [0.15, 0.2) is 65.7 Å². The van der Waals surface area contributed by atoms with Crippen LogP contribution in [0.3, 0.4) is 0 Å². The van der Waals surface area contributed by atoms with Gasteiger partial charge in [0, 0.05) is 12.4 Å². The van der Waals surface area contributed by atoms with Crippen LogP contribution >= 0.6 is 0 Å². The van der Waals surface area contributed by atoms with Gasteiger partial charge in [-0.3, -0.25) is 18.7 Å². The van der Waals surface area contributed by atoms with E-state index >= 15 is 0 Å². The Morgan fingerprint density at radius 3 is 2.60 bits per heavy atom. The Morgan fingerprint density at radius 2 is 1.86 bits per heavy atom. The van der Waals surface area contributed by atoms with E-state index in [1.54, 1.807) is 35.2 Å². The second kappa shape index (κ2) is 10.9. The molecular formula is C26H29N3O6. The zero-order valence-corrected chi connectivity index (χ0v) is 19.6. The van der Waals surface area contributed by atoms with Gasteiger partial charge in [-0.25, -0.2) is 4.79 Å². The number of carboxylic acids is 1. The number of aliphatic carboxylic acids is 1. The number of rotatable bonds is 11. The van der Waals surface area contributed by atoms with Crippen LogP contribution in [-0.4, -0.2) is 32.9 Å². The smallest absolute Gasteiger partial charge is 0.329 e. The summed E-state index contributed by atoms with van der Waals surface area (Å²) in [5.41, 5.74) is 1.28. The topological polar surface area (TPSA) is 112 Å². The Labute approximate surface area is 202 Å². The highest BCUT2D eigenvalue weighted by molar-refractivity contribution is 5.81. The summed E-state index contributed by atoms with van der Waals surface area (Å²) >= 11 is 0. The molecular weight excluding hydrogens is 450 g/mol. The van der Waals surface area contributed by atoms with E-state index in [0.717, 1.165) is 18.4 Å². The molecule has 9 nitrogen and oxygen atoms in total. The molecule has 2 aromatic carbocycles. The van der Waals surface area contributed by atoms with Crippen LogP contribution in [0.25, 0.3) is 0 Å². The monoisotopic (exact) mass is 479 g/mol. The summed E-state index contributed by atoms with van der Waals surface area (Å²) in [5, 5.41) is 12.3. The largest absolute Gasteiger partial charge is 0.481 e. The number of carboxylic acid groups (broad SMARTS) is 1. The van der Waals surface area contributed by atoms with Gasteiger partial charge in [0.05, 0.1) is 19.0 Å². The molecule has 0 aliphatic carbocycles. The third-order valence-corrected chi connectivity index (χ3v) is 6.03. The number of hydrogen-bond acceptors (Lipinski definition) is 5. The lowest BCUT2D eigenvalue weighted by atomic mass is 10.0. The number of nitrogens with one attached hydrogen (secondary N) is 1. The van der Waals surface area contributed by atoms with Crippen molar-refractivity contribution >= 4 is 11.9 Å². The molecule has 4 rings (SSSR count). The molecule has 1 aromatic heterocycles. The van der Waals surface area contributed by atoms with Crippen molar-refractivity contribution in [2.75, 3.05) is 6.79 Å². The maximum atomic E-state index is 13.4. The molecule has 0 saturated heterocycles. The molecule has 0 radical (unpaired) electrons. The average molecular weight is 480 g/mol. The highest BCUT2D eigenvalue weighted by atomic mass is 16.7. The molecule has 1 aliphatic rings. The fourth-order valence-corrected chi connectivity index (χ4v) is 4.18. The number of carbonyl (C=O) groups is 2. The van der Waals surface area contributed by atoms with Gasteiger partial charge in [0.15, 0.2) is 11.5 Å². The minimum Gasteiger partial charge on any atom is -0.481 e. The summed E-state index contributed by atoms with van der Waals surface area (Å²) < 4.78 is 13.7. The SMILES string of the molecule is CCCCC(C(=O)N[C@@H](CC(=O)O)c1ccc2c(c1)OCO2)n1ccn(Cc2ccccc2)c1=O. The lowest BCUT2D eigenvalue weighted by Crippen LogP contribution is -2.39. The van der Waals surface area contributed by atoms with Crippen molar-refractivity contribution in [2.45, 2.75) is 51.2 Å². The number of ether oxygens (including phenoxy) is 2. The van der Waals surface area contributed by atoms with Gasteiger partial charge in [-0.15, -0.1) is 0 Å². The molecule has 0 spiro atoms. The zero-order chi connectivity index (χ0) is 24.8. The quantitative estimate of drug-likeness (QED) is 0.436. The Kier molecular flexibility index (Phi) is 7.54. The Bertz CT molecular complexity index is 1230. The maximum absolute atomic E-state index is 13.4. The van der Waals surface area contributed by atoms with E-state index in [0.29, 0.717) is 30.0 Å². The third-order valence-electron chi connectivity index (χ3n) is 6.03. The van der Waals surface area contributed by atoms with Crippen molar-refractivity contribution in [1.82, 2.24) is 14.5 Å². The second-order valence-electron chi connectivity index (χ2n) is 8.53. The van der Waals surface area contributed by atoms with E-state index in [2.05, 4.69) is 5.32 Å². The summed E-state index contributed by atoms with van der Waals surface area (Å²) in [7, 11) is 0. The molecule has 1 amide bonds. The summed E-state index contributed by atoms with van der Waals surface area (Å²) in [5.74, 6) is -0.378.